The molecule has 7 heteroatoms. The highest BCUT2D eigenvalue weighted by Gasteiger charge is 2.17. The summed E-state index contributed by atoms with van der Waals surface area (Å²) in [6.07, 6.45) is 1.11. The van der Waals surface area contributed by atoms with Gasteiger partial charge in [-0.05, 0) is 37.1 Å². The highest BCUT2D eigenvalue weighted by atomic mass is 32.2. The van der Waals surface area contributed by atoms with Crippen LogP contribution in [0.15, 0.2) is 12.1 Å². The van der Waals surface area contributed by atoms with Crippen molar-refractivity contribution in [3.05, 3.63) is 29.1 Å². The number of carboxylic acid groups (broad SMARTS) is 1. The van der Waals surface area contributed by atoms with Gasteiger partial charge in [0.05, 0.1) is 11.0 Å². The Morgan fingerprint density at radius 2 is 1.90 bits per heavy atom. The number of hydrogen-bond donors (Lipinski definition) is 1. The molecule has 0 aliphatic rings. The molecule has 0 atom stereocenters. The Hall–Kier alpha value is -1.89. The summed E-state index contributed by atoms with van der Waals surface area (Å²) in [7, 11) is -3.28. The molecule has 0 saturated heterocycles. The van der Waals surface area contributed by atoms with Gasteiger partial charge in [-0.25, -0.2) is 13.4 Å². The monoisotopic (exact) mass is 296 g/mol. The molecule has 0 aliphatic carbocycles. The Labute approximate surface area is 117 Å². The number of benzene rings is 1. The number of hydrogen-bond acceptors (Lipinski definition) is 4. The van der Waals surface area contributed by atoms with Gasteiger partial charge in [0.2, 0.25) is 0 Å². The topological polar surface area (TPSA) is 89.3 Å². The SMILES string of the molecule is Cc1cc2nc(CS(C)(=O)=O)n(CC(=O)O)c2cc1C. The van der Waals surface area contributed by atoms with E-state index in [1.807, 2.05) is 26.0 Å². The van der Waals surface area contributed by atoms with Crippen molar-refractivity contribution in [1.29, 1.82) is 0 Å². The summed E-state index contributed by atoms with van der Waals surface area (Å²) in [5, 5.41) is 8.99. The lowest BCUT2D eigenvalue weighted by molar-refractivity contribution is -0.137. The predicted octanol–water partition coefficient (Wildman–Crippen LogP) is 1.28. The molecule has 0 amide bonds. The van der Waals surface area contributed by atoms with Crippen LogP contribution in [0.5, 0.6) is 0 Å². The number of nitrogens with zero attached hydrogens (tertiary/aromatic N) is 2. The minimum atomic E-state index is -3.28. The van der Waals surface area contributed by atoms with Crippen molar-refractivity contribution in [3.8, 4) is 0 Å². The highest BCUT2D eigenvalue weighted by Crippen LogP contribution is 2.21. The van der Waals surface area contributed by atoms with Gasteiger partial charge in [0.25, 0.3) is 0 Å². The van der Waals surface area contributed by atoms with E-state index in [1.54, 1.807) is 0 Å². The molecule has 1 N–H and O–H groups in total. The number of imidazole rings is 1. The Morgan fingerprint density at radius 3 is 2.45 bits per heavy atom. The molecule has 0 saturated carbocycles. The maximum absolute atomic E-state index is 11.4. The van der Waals surface area contributed by atoms with Crippen molar-refractivity contribution >= 4 is 26.8 Å². The van der Waals surface area contributed by atoms with Gasteiger partial charge in [-0.1, -0.05) is 0 Å². The lowest BCUT2D eigenvalue weighted by Crippen LogP contribution is -2.14. The number of aryl methyl sites for hydroxylation is 2. The quantitative estimate of drug-likeness (QED) is 0.918. The van der Waals surface area contributed by atoms with Gasteiger partial charge in [0.15, 0.2) is 9.84 Å². The summed E-state index contributed by atoms with van der Waals surface area (Å²) in [6.45, 7) is 3.55. The summed E-state index contributed by atoms with van der Waals surface area (Å²) in [5.74, 6) is -1.04. The summed E-state index contributed by atoms with van der Waals surface area (Å²) >= 11 is 0. The van der Waals surface area contributed by atoms with Crippen molar-refractivity contribution in [2.24, 2.45) is 0 Å². The zero-order valence-electron chi connectivity index (χ0n) is 11.5. The first kappa shape index (κ1) is 14.5. The molecule has 2 rings (SSSR count). The molecule has 108 valence electrons. The first-order chi connectivity index (χ1) is 9.17. The van der Waals surface area contributed by atoms with Crippen molar-refractivity contribution < 1.29 is 18.3 Å². The number of aliphatic carboxylic acids is 1. The van der Waals surface area contributed by atoms with Crippen molar-refractivity contribution in [2.45, 2.75) is 26.1 Å². The van der Waals surface area contributed by atoms with Crippen LogP contribution in [-0.4, -0.2) is 35.3 Å². The molecular formula is C13H16N2O4S. The van der Waals surface area contributed by atoms with E-state index in [-0.39, 0.29) is 18.1 Å². The Kier molecular flexibility index (Phi) is 3.56. The fraction of sp³-hybridized carbons (Fsp3) is 0.385. The van der Waals surface area contributed by atoms with Gasteiger partial charge in [0, 0.05) is 6.26 Å². The number of carboxylic acids is 1. The standard InChI is InChI=1S/C13H16N2O4S/c1-8-4-10-11(5-9(8)2)15(6-13(16)17)12(14-10)7-20(3,18)19/h4-5H,6-7H2,1-3H3,(H,16,17). The van der Waals surface area contributed by atoms with Crippen molar-refractivity contribution in [2.75, 3.05) is 6.26 Å². The van der Waals surface area contributed by atoms with Crippen LogP contribution in [0.2, 0.25) is 0 Å². The fourth-order valence-electron chi connectivity index (χ4n) is 2.09. The maximum Gasteiger partial charge on any atom is 0.323 e. The van der Waals surface area contributed by atoms with Crippen LogP contribution < -0.4 is 0 Å². The van der Waals surface area contributed by atoms with E-state index in [0.29, 0.717) is 11.0 Å². The molecule has 6 nitrogen and oxygen atoms in total. The van der Waals surface area contributed by atoms with Gasteiger partial charge >= 0.3 is 5.97 Å². The molecule has 0 spiro atoms. The zero-order valence-corrected chi connectivity index (χ0v) is 12.4. The van der Waals surface area contributed by atoms with Crippen LogP contribution in [0, 0.1) is 13.8 Å². The predicted molar refractivity (Wildman–Crippen MR) is 75.4 cm³/mol. The smallest absolute Gasteiger partial charge is 0.323 e. The number of carbonyl (C=O) groups is 1. The second-order valence-electron chi connectivity index (χ2n) is 5.00. The molecule has 1 aromatic heterocycles. The van der Waals surface area contributed by atoms with Crippen molar-refractivity contribution in [3.63, 3.8) is 0 Å². The van der Waals surface area contributed by atoms with E-state index in [2.05, 4.69) is 4.98 Å². The highest BCUT2D eigenvalue weighted by molar-refractivity contribution is 7.89. The van der Waals surface area contributed by atoms with Gasteiger partial charge in [-0.15, -0.1) is 0 Å². The largest absolute Gasteiger partial charge is 0.480 e. The molecular weight excluding hydrogens is 280 g/mol. The van der Waals surface area contributed by atoms with Gasteiger partial charge in [-0.3, -0.25) is 4.79 Å². The van der Waals surface area contributed by atoms with Crippen LogP contribution in [0.25, 0.3) is 11.0 Å². The minimum Gasteiger partial charge on any atom is -0.480 e. The third-order valence-corrected chi connectivity index (χ3v) is 3.91. The van der Waals surface area contributed by atoms with E-state index in [0.717, 1.165) is 17.4 Å². The van der Waals surface area contributed by atoms with Crippen LogP contribution in [0.1, 0.15) is 17.0 Å². The van der Waals surface area contributed by atoms with Crippen LogP contribution in [-0.2, 0) is 26.9 Å². The first-order valence-electron chi connectivity index (χ1n) is 6.03. The first-order valence-corrected chi connectivity index (χ1v) is 8.09. The molecule has 20 heavy (non-hydrogen) atoms. The number of sulfone groups is 1. The Balaban J connectivity index is 2.69. The molecule has 0 fully saturated rings. The second kappa shape index (κ2) is 4.90. The molecule has 1 heterocycles. The third kappa shape index (κ3) is 2.98. The van der Waals surface area contributed by atoms with E-state index in [4.69, 9.17) is 5.11 Å². The average molecular weight is 296 g/mol. The Bertz CT molecular complexity index is 790. The van der Waals surface area contributed by atoms with Gasteiger partial charge in [0.1, 0.15) is 18.1 Å². The van der Waals surface area contributed by atoms with Crippen LogP contribution >= 0.6 is 0 Å². The summed E-state index contributed by atoms with van der Waals surface area (Å²) in [4.78, 5) is 15.3. The van der Waals surface area contributed by atoms with E-state index < -0.39 is 15.8 Å². The lowest BCUT2D eigenvalue weighted by Gasteiger charge is -2.06. The molecule has 0 aliphatic heterocycles. The number of aromatic nitrogens is 2. The summed E-state index contributed by atoms with van der Waals surface area (Å²) < 4.78 is 24.3. The normalized spacial score (nSPS) is 11.9. The second-order valence-corrected chi connectivity index (χ2v) is 7.14. The zero-order chi connectivity index (χ0) is 15.1. The van der Waals surface area contributed by atoms with Crippen molar-refractivity contribution in [1.82, 2.24) is 9.55 Å². The summed E-state index contributed by atoms with van der Waals surface area (Å²) in [5.41, 5.74) is 3.31. The number of rotatable bonds is 4. The van der Waals surface area contributed by atoms with Gasteiger partial charge < -0.3 is 9.67 Å². The maximum atomic E-state index is 11.4. The third-order valence-electron chi connectivity index (χ3n) is 3.13. The van der Waals surface area contributed by atoms with Gasteiger partial charge in [-0.2, -0.15) is 0 Å². The van der Waals surface area contributed by atoms with E-state index in [9.17, 15) is 13.2 Å². The van der Waals surface area contributed by atoms with Crippen LogP contribution in [0.3, 0.4) is 0 Å². The minimum absolute atomic E-state index is 0.259. The lowest BCUT2D eigenvalue weighted by atomic mass is 10.1. The van der Waals surface area contributed by atoms with E-state index in [1.165, 1.54) is 4.57 Å². The number of fused-ring (bicyclic) bond motifs is 1. The molecule has 1 aromatic carbocycles. The Morgan fingerprint density at radius 1 is 1.30 bits per heavy atom. The fourth-order valence-corrected chi connectivity index (χ4v) is 2.78. The van der Waals surface area contributed by atoms with Crippen LogP contribution in [0.4, 0.5) is 0 Å². The molecule has 0 unspecified atom stereocenters. The average Bonchev–Trinajstić information content (AvgIpc) is 2.55. The van der Waals surface area contributed by atoms with E-state index >= 15 is 0 Å². The molecule has 2 aromatic rings. The molecule has 0 radical (unpaired) electrons. The summed E-state index contributed by atoms with van der Waals surface area (Å²) in [6, 6.07) is 3.68. The molecule has 0 bridgehead atoms.